The highest BCUT2D eigenvalue weighted by Gasteiger charge is 2.49. The van der Waals surface area contributed by atoms with E-state index in [1.54, 1.807) is 13.8 Å². The van der Waals surface area contributed by atoms with E-state index in [2.05, 4.69) is 62.7 Å². The number of aliphatic hydroxyl groups is 2. The molecule has 0 bridgehead atoms. The van der Waals surface area contributed by atoms with Crippen LogP contribution >= 0.6 is 15.2 Å². The molecular formula is C51H100N2O14P2Si. The number of benzene rings is 1. The maximum absolute atomic E-state index is 13.4. The van der Waals surface area contributed by atoms with Crippen LogP contribution in [0.4, 0.5) is 0 Å². The first-order chi connectivity index (χ1) is 33.3. The van der Waals surface area contributed by atoms with Crippen LogP contribution in [0.25, 0.3) is 0 Å². The molecule has 2 fully saturated rings. The summed E-state index contributed by atoms with van der Waals surface area (Å²) >= 11 is 0. The Bertz CT molecular complexity index is 1560. The van der Waals surface area contributed by atoms with Gasteiger partial charge in [0.15, 0.2) is 8.32 Å². The molecule has 1 aromatic rings. The van der Waals surface area contributed by atoms with Gasteiger partial charge in [0.1, 0.15) is 37.1 Å². The number of unbranched alkanes of at least 4 members (excludes halogenated alkanes) is 6. The van der Waals surface area contributed by atoms with Crippen LogP contribution < -0.4 is 0 Å². The third-order valence-corrected chi connectivity index (χ3v) is 21.5. The highest BCUT2D eigenvalue weighted by molar-refractivity contribution is 7.53. The Kier molecular flexibility index (Phi) is 32.6. The van der Waals surface area contributed by atoms with Crippen LogP contribution in [0.2, 0.25) is 18.1 Å². The zero-order valence-corrected chi connectivity index (χ0v) is 48.6. The third kappa shape index (κ3) is 23.5. The molecule has 0 aliphatic carbocycles. The topological polar surface area (TPSA) is 173 Å². The molecule has 2 N–H and O–H groups in total. The molecular weight excluding hydrogens is 955 g/mol. The summed E-state index contributed by atoms with van der Waals surface area (Å²) in [6.07, 6.45) is 4.88. The number of hydrogen-bond donors (Lipinski definition) is 2. The number of nitrogens with zero attached hydrogens (tertiary/aromatic N) is 2. The van der Waals surface area contributed by atoms with E-state index < -0.39 is 41.8 Å². The maximum atomic E-state index is 13.4. The molecule has 0 unspecified atom stereocenters. The minimum atomic E-state index is -3.40. The fourth-order valence-electron chi connectivity index (χ4n) is 8.51. The summed E-state index contributed by atoms with van der Waals surface area (Å²) < 4.78 is 84.6. The number of rotatable bonds is 35. The molecule has 3 rings (SSSR count). The summed E-state index contributed by atoms with van der Waals surface area (Å²) in [7, 11) is -8.91. The van der Waals surface area contributed by atoms with Crippen LogP contribution in [0.15, 0.2) is 30.3 Å². The third-order valence-electron chi connectivity index (χ3n) is 13.4. The van der Waals surface area contributed by atoms with Gasteiger partial charge in [0.05, 0.1) is 45.2 Å². The zero-order chi connectivity index (χ0) is 52.2. The van der Waals surface area contributed by atoms with Crippen LogP contribution in [0.3, 0.4) is 0 Å². The molecule has 0 radical (unpaired) electrons. The van der Waals surface area contributed by atoms with Crippen molar-refractivity contribution in [2.24, 2.45) is 0 Å². The van der Waals surface area contributed by atoms with Crippen LogP contribution in [-0.2, 0) is 61.9 Å². The first kappa shape index (κ1) is 65.4. The molecule has 0 spiro atoms. The highest BCUT2D eigenvalue weighted by atomic mass is 31.2. The first-order valence-corrected chi connectivity index (χ1v) is 32.9. The Hall–Kier alpha value is -0.663. The number of aliphatic hydroxyl groups excluding tert-OH is 2. The Balaban J connectivity index is 0.000000521. The minimum Gasteiger partial charge on any atom is -0.410 e. The van der Waals surface area contributed by atoms with Crippen molar-refractivity contribution in [1.82, 2.24) is 9.80 Å². The molecule has 8 atom stereocenters. The van der Waals surface area contributed by atoms with E-state index in [0.717, 1.165) is 103 Å². The predicted molar refractivity (Wildman–Crippen MR) is 282 cm³/mol. The first-order valence-electron chi connectivity index (χ1n) is 26.6. The van der Waals surface area contributed by atoms with Crippen LogP contribution in [0.5, 0.6) is 0 Å². The number of likely N-dealkylation sites (tertiary alicyclic amines) is 2. The predicted octanol–water partition coefficient (Wildman–Crippen LogP) is 10.5. The lowest BCUT2D eigenvalue weighted by Gasteiger charge is -2.50. The number of ether oxygens (including phenoxy) is 5. The van der Waals surface area contributed by atoms with Crippen LogP contribution in [-0.4, -0.2) is 169 Å². The van der Waals surface area contributed by atoms with Gasteiger partial charge in [-0.15, -0.1) is 0 Å². The molecule has 70 heavy (non-hydrogen) atoms. The van der Waals surface area contributed by atoms with Crippen molar-refractivity contribution in [3.63, 3.8) is 0 Å². The van der Waals surface area contributed by atoms with Gasteiger partial charge >= 0.3 is 15.2 Å². The fraction of sp³-hybridized carbons (Fsp3) is 0.882. The average Bonchev–Trinajstić information content (AvgIpc) is 3.30. The lowest BCUT2D eigenvalue weighted by atomic mass is 9.94. The lowest BCUT2D eigenvalue weighted by Crippen LogP contribution is -2.64. The van der Waals surface area contributed by atoms with E-state index in [9.17, 15) is 19.3 Å². The minimum absolute atomic E-state index is 0.0326. The number of piperidine rings is 2. The Morgan fingerprint density at radius 3 is 1.50 bits per heavy atom. The average molecular weight is 1060 g/mol. The normalized spacial score (nSPS) is 24.2. The molecule has 2 aliphatic rings. The van der Waals surface area contributed by atoms with Gasteiger partial charge in [-0.2, -0.15) is 0 Å². The smallest absolute Gasteiger partial charge is 0.356 e. The quantitative estimate of drug-likeness (QED) is 0.0373. The molecule has 0 aromatic heterocycles. The maximum Gasteiger partial charge on any atom is 0.356 e. The largest absolute Gasteiger partial charge is 0.410 e. The molecule has 412 valence electrons. The van der Waals surface area contributed by atoms with E-state index in [1.807, 2.05) is 52.8 Å². The van der Waals surface area contributed by atoms with Crippen molar-refractivity contribution < 1.29 is 65.5 Å². The second-order valence-electron chi connectivity index (χ2n) is 19.8. The van der Waals surface area contributed by atoms with E-state index in [4.69, 9.17) is 46.2 Å². The van der Waals surface area contributed by atoms with Gasteiger partial charge in [-0.1, -0.05) is 76.8 Å². The second-order valence-corrected chi connectivity index (χ2v) is 28.6. The summed E-state index contributed by atoms with van der Waals surface area (Å²) in [5.41, 5.74) is 1.10. The van der Waals surface area contributed by atoms with E-state index in [0.29, 0.717) is 26.4 Å². The zero-order valence-electron chi connectivity index (χ0n) is 45.9. The fourth-order valence-corrected chi connectivity index (χ4v) is 12.6. The van der Waals surface area contributed by atoms with E-state index in [-0.39, 0.29) is 61.3 Å². The Morgan fingerprint density at radius 2 is 1.04 bits per heavy atom. The van der Waals surface area contributed by atoms with Gasteiger partial charge in [-0.3, -0.25) is 18.9 Å². The van der Waals surface area contributed by atoms with Gasteiger partial charge in [-0.05, 0) is 118 Å². The summed E-state index contributed by atoms with van der Waals surface area (Å²) in [5.74, 6) is 0. The molecule has 2 aliphatic heterocycles. The molecule has 2 saturated heterocycles. The van der Waals surface area contributed by atoms with E-state index in [1.165, 1.54) is 0 Å². The van der Waals surface area contributed by atoms with Crippen molar-refractivity contribution in [2.75, 3.05) is 91.7 Å². The second kappa shape index (κ2) is 34.8. The molecule has 1 aromatic carbocycles. The van der Waals surface area contributed by atoms with Gasteiger partial charge in [0.25, 0.3) is 0 Å². The summed E-state index contributed by atoms with van der Waals surface area (Å²) in [6, 6.07) is 10.1. The SMILES string of the molecule is CCOCCCCCCN1C[C@H](O)[C@@H](O)[C@@H](OCP(=O)(OCC)OCC)[C@H]1C.CCOCCCCCCN1C[C@H](O[Si](C)(C)C(C)(C)C)[C@@H](OCc2ccccc2)[C@@H](OCP(=O)(OCC)OCC)[C@H]1C. The van der Waals surface area contributed by atoms with Crippen molar-refractivity contribution in [1.29, 1.82) is 0 Å². The van der Waals surface area contributed by atoms with Crippen molar-refractivity contribution >= 4 is 23.5 Å². The summed E-state index contributed by atoms with van der Waals surface area (Å²) in [5, 5.41) is 20.7. The van der Waals surface area contributed by atoms with Crippen LogP contribution in [0, 0.1) is 0 Å². The Labute approximate surface area is 426 Å². The lowest BCUT2D eigenvalue weighted by molar-refractivity contribution is -0.173. The van der Waals surface area contributed by atoms with Crippen molar-refractivity contribution in [3.8, 4) is 0 Å². The van der Waals surface area contributed by atoms with E-state index >= 15 is 0 Å². The Morgan fingerprint density at radius 1 is 0.600 bits per heavy atom. The molecule has 2 heterocycles. The molecule has 0 amide bonds. The monoisotopic (exact) mass is 1050 g/mol. The number of hydrogen-bond acceptors (Lipinski definition) is 16. The molecule has 19 heteroatoms. The van der Waals surface area contributed by atoms with Gasteiger partial charge < -0.3 is 56.4 Å². The van der Waals surface area contributed by atoms with Crippen LogP contribution in [0.1, 0.15) is 133 Å². The van der Waals surface area contributed by atoms with Gasteiger partial charge in [0, 0.05) is 51.6 Å². The van der Waals surface area contributed by atoms with Crippen molar-refractivity contribution in [3.05, 3.63) is 35.9 Å². The van der Waals surface area contributed by atoms with Gasteiger partial charge in [-0.25, -0.2) is 0 Å². The molecule has 0 saturated carbocycles. The highest BCUT2D eigenvalue weighted by Crippen LogP contribution is 2.50. The summed E-state index contributed by atoms with van der Waals surface area (Å²) in [4.78, 5) is 4.59. The standard InChI is InChI=1S/C32H60NO7PSi.C19H40NO7P/c1-10-35-23-19-14-13-18-22-33-24-29(40-42(8,9)32(5,6)7)31(36-25-28-20-16-15-17-21-28)30(27(33)4)37-26-41(34,38-11-2)39-12-3;1-5-24-13-11-9-8-10-12-20-14-17(21)18(22)19(16(20)4)25-15-28(23,26-6-2)27-7-3/h15-17,20-21,27,29-31H,10-14,18-19,22-26H2,1-9H3;16-19,21-22H,5-15H2,1-4H3/t27-,29+,30+,31-;16-,17+,18-,19+/m11/s1. The summed E-state index contributed by atoms with van der Waals surface area (Å²) in [6.45, 7) is 34.3. The number of β-amino-alcohol motifs (C(OH)–C–C–N with tert-alkyl or cyclic N) is 1. The van der Waals surface area contributed by atoms with Crippen molar-refractivity contribution in [2.45, 2.75) is 201 Å². The molecule has 16 nitrogen and oxygen atoms in total. The van der Waals surface area contributed by atoms with Gasteiger partial charge in [0.2, 0.25) is 0 Å².